The number of ether oxygens (including phenoxy) is 2. The van der Waals surface area contributed by atoms with E-state index < -0.39 is 0 Å². The van der Waals surface area contributed by atoms with E-state index in [2.05, 4.69) is 65.6 Å². The lowest BCUT2D eigenvalue weighted by Gasteiger charge is -2.24. The Morgan fingerprint density at radius 1 is 1.15 bits per heavy atom. The Balaban J connectivity index is 0.00000625. The Bertz CT molecular complexity index is 500. The molecule has 0 saturated heterocycles. The van der Waals surface area contributed by atoms with Gasteiger partial charge in [0.05, 0.1) is 26.4 Å². The van der Waals surface area contributed by atoms with Gasteiger partial charge in [-0.2, -0.15) is 0 Å². The summed E-state index contributed by atoms with van der Waals surface area (Å²) in [5.74, 6) is 0.832. The average Bonchev–Trinajstić information content (AvgIpc) is 2.61. The molecule has 0 aliphatic heterocycles. The molecule has 150 valence electrons. The summed E-state index contributed by atoms with van der Waals surface area (Å²) in [5, 5.41) is 6.65. The minimum atomic E-state index is 0. The Morgan fingerprint density at radius 2 is 1.96 bits per heavy atom. The fourth-order valence-corrected chi connectivity index (χ4v) is 2.41. The summed E-state index contributed by atoms with van der Waals surface area (Å²) in [6, 6.07) is 8.61. The average molecular weight is 478 g/mol. The number of hydrogen-bond donors (Lipinski definition) is 2. The Morgan fingerprint density at radius 3 is 2.62 bits per heavy atom. The lowest BCUT2D eigenvalue weighted by molar-refractivity contribution is 0.0748. The van der Waals surface area contributed by atoms with E-state index in [0.717, 1.165) is 32.1 Å². The van der Waals surface area contributed by atoms with E-state index in [1.54, 1.807) is 7.11 Å². The largest absolute Gasteiger partial charge is 0.382 e. The number of benzene rings is 1. The maximum Gasteiger partial charge on any atom is 0.191 e. The molecule has 1 aromatic carbocycles. The molecule has 0 atom stereocenters. The summed E-state index contributed by atoms with van der Waals surface area (Å²) in [6.07, 6.45) is 0. The second kappa shape index (κ2) is 16.1. The van der Waals surface area contributed by atoms with Gasteiger partial charge in [0.15, 0.2) is 5.96 Å². The van der Waals surface area contributed by atoms with Crippen molar-refractivity contribution in [1.82, 2.24) is 10.6 Å². The van der Waals surface area contributed by atoms with Crippen LogP contribution in [0.25, 0.3) is 0 Å². The maximum absolute atomic E-state index is 5.44. The third kappa shape index (κ3) is 10.8. The van der Waals surface area contributed by atoms with Gasteiger partial charge in [0.25, 0.3) is 0 Å². The zero-order chi connectivity index (χ0) is 18.3. The first-order chi connectivity index (χ1) is 12.2. The number of likely N-dealkylation sites (N-methyl/N-ethyl adjacent to an activating group) is 1. The van der Waals surface area contributed by atoms with Gasteiger partial charge in [-0.1, -0.05) is 12.1 Å². The molecule has 26 heavy (non-hydrogen) atoms. The molecular formula is C19H35IN4O2. The molecule has 0 bridgehead atoms. The Kier molecular flexibility index (Phi) is 15.5. The van der Waals surface area contributed by atoms with Gasteiger partial charge in [-0.3, -0.25) is 4.99 Å². The van der Waals surface area contributed by atoms with Crippen LogP contribution >= 0.6 is 24.0 Å². The third-order valence-corrected chi connectivity index (χ3v) is 3.70. The van der Waals surface area contributed by atoms with E-state index in [1.165, 1.54) is 11.3 Å². The minimum absolute atomic E-state index is 0. The monoisotopic (exact) mass is 478 g/mol. The summed E-state index contributed by atoms with van der Waals surface area (Å²) in [7, 11) is 1.67. The van der Waals surface area contributed by atoms with Gasteiger partial charge < -0.3 is 25.0 Å². The van der Waals surface area contributed by atoms with E-state index in [-0.39, 0.29) is 24.0 Å². The highest BCUT2D eigenvalue weighted by Gasteiger charge is 2.05. The van der Waals surface area contributed by atoms with Crippen molar-refractivity contribution in [1.29, 1.82) is 0 Å². The number of guanidine groups is 1. The first kappa shape index (κ1) is 24.9. The van der Waals surface area contributed by atoms with Gasteiger partial charge >= 0.3 is 0 Å². The van der Waals surface area contributed by atoms with Gasteiger partial charge in [-0.25, -0.2) is 0 Å². The van der Waals surface area contributed by atoms with E-state index in [9.17, 15) is 0 Å². The molecule has 2 N–H and O–H groups in total. The first-order valence-corrected chi connectivity index (χ1v) is 9.11. The van der Waals surface area contributed by atoms with E-state index in [1.807, 2.05) is 0 Å². The number of nitrogens with zero attached hydrogens (tertiary/aromatic N) is 2. The standard InChI is InChI=1S/C19H34N4O2.HI/c1-5-20-19(22-11-13-25-15-14-24-4)21-10-12-23(6-2)18-9-7-8-17(3)16-18;/h7-9,16H,5-6,10-15H2,1-4H3,(H2,20,21,22);1H. The zero-order valence-corrected chi connectivity index (χ0v) is 18.9. The molecule has 0 aliphatic carbocycles. The van der Waals surface area contributed by atoms with Crippen LogP contribution in [0.4, 0.5) is 5.69 Å². The van der Waals surface area contributed by atoms with E-state index in [4.69, 9.17) is 9.47 Å². The van der Waals surface area contributed by atoms with Crippen LogP contribution in [0.1, 0.15) is 19.4 Å². The summed E-state index contributed by atoms with van der Waals surface area (Å²) >= 11 is 0. The predicted octanol–water partition coefficient (Wildman–Crippen LogP) is 2.66. The van der Waals surface area contributed by atoms with Crippen molar-refractivity contribution in [2.45, 2.75) is 20.8 Å². The SMILES string of the molecule is CCNC(=NCCOCCOC)NCCN(CC)c1cccc(C)c1.I. The first-order valence-electron chi connectivity index (χ1n) is 9.11. The minimum Gasteiger partial charge on any atom is -0.382 e. The molecule has 0 spiro atoms. The van der Waals surface area contributed by atoms with Gasteiger partial charge in [-0.15, -0.1) is 24.0 Å². The fourth-order valence-electron chi connectivity index (χ4n) is 2.41. The molecule has 0 unspecified atom stereocenters. The lowest BCUT2D eigenvalue weighted by Crippen LogP contribution is -2.42. The van der Waals surface area contributed by atoms with Crippen molar-refractivity contribution in [3.8, 4) is 0 Å². The van der Waals surface area contributed by atoms with Crippen molar-refractivity contribution in [2.75, 3.05) is 64.6 Å². The highest BCUT2D eigenvalue weighted by molar-refractivity contribution is 14.0. The van der Waals surface area contributed by atoms with Crippen LogP contribution in [0, 0.1) is 6.92 Å². The zero-order valence-electron chi connectivity index (χ0n) is 16.6. The molecule has 1 aromatic rings. The molecule has 0 aliphatic rings. The topological polar surface area (TPSA) is 58.1 Å². The van der Waals surface area contributed by atoms with Crippen LogP contribution in [-0.2, 0) is 9.47 Å². The Labute approximate surface area is 175 Å². The van der Waals surface area contributed by atoms with Crippen molar-refractivity contribution in [3.63, 3.8) is 0 Å². The van der Waals surface area contributed by atoms with E-state index >= 15 is 0 Å². The van der Waals surface area contributed by atoms with Crippen molar-refractivity contribution in [2.24, 2.45) is 4.99 Å². The van der Waals surface area contributed by atoms with Gasteiger partial charge in [0, 0.05) is 39.0 Å². The maximum atomic E-state index is 5.44. The lowest BCUT2D eigenvalue weighted by atomic mass is 10.2. The second-order valence-corrected chi connectivity index (χ2v) is 5.71. The third-order valence-electron chi connectivity index (χ3n) is 3.70. The quantitative estimate of drug-likeness (QED) is 0.210. The molecular weight excluding hydrogens is 443 g/mol. The molecule has 0 amide bonds. The number of methoxy groups -OCH3 is 1. The predicted molar refractivity (Wildman–Crippen MR) is 121 cm³/mol. The van der Waals surface area contributed by atoms with Crippen molar-refractivity contribution < 1.29 is 9.47 Å². The molecule has 0 radical (unpaired) electrons. The highest BCUT2D eigenvalue weighted by Crippen LogP contribution is 2.14. The summed E-state index contributed by atoms with van der Waals surface area (Å²) in [5.41, 5.74) is 2.55. The second-order valence-electron chi connectivity index (χ2n) is 5.71. The van der Waals surface area contributed by atoms with Gasteiger partial charge in [0.2, 0.25) is 0 Å². The van der Waals surface area contributed by atoms with Crippen molar-refractivity contribution in [3.05, 3.63) is 29.8 Å². The summed E-state index contributed by atoms with van der Waals surface area (Å²) < 4.78 is 10.4. The normalized spacial score (nSPS) is 11.0. The number of nitrogens with one attached hydrogen (secondary N) is 2. The van der Waals surface area contributed by atoms with Crippen LogP contribution in [0.15, 0.2) is 29.3 Å². The Hall–Kier alpha value is -1.06. The van der Waals surface area contributed by atoms with Crippen LogP contribution in [0.5, 0.6) is 0 Å². The number of halogens is 1. The summed E-state index contributed by atoms with van der Waals surface area (Å²) in [4.78, 5) is 6.89. The fraction of sp³-hybridized carbons (Fsp3) is 0.632. The molecule has 0 heterocycles. The number of aryl methyl sites for hydroxylation is 1. The highest BCUT2D eigenvalue weighted by atomic mass is 127. The van der Waals surface area contributed by atoms with Crippen LogP contribution in [-0.4, -0.2) is 65.6 Å². The van der Waals surface area contributed by atoms with Crippen molar-refractivity contribution >= 4 is 35.6 Å². The molecule has 6 nitrogen and oxygen atoms in total. The van der Waals surface area contributed by atoms with Crippen LogP contribution in [0.3, 0.4) is 0 Å². The number of hydrogen-bond acceptors (Lipinski definition) is 4. The van der Waals surface area contributed by atoms with Crippen LogP contribution in [0.2, 0.25) is 0 Å². The van der Waals surface area contributed by atoms with E-state index in [0.29, 0.717) is 26.4 Å². The van der Waals surface area contributed by atoms with Crippen LogP contribution < -0.4 is 15.5 Å². The number of rotatable bonds is 12. The van der Waals surface area contributed by atoms with Gasteiger partial charge in [0.1, 0.15) is 0 Å². The summed E-state index contributed by atoms with van der Waals surface area (Å²) in [6.45, 7) is 12.4. The number of anilines is 1. The molecule has 1 rings (SSSR count). The smallest absolute Gasteiger partial charge is 0.191 e. The molecule has 7 heteroatoms. The molecule has 0 saturated carbocycles. The molecule has 0 fully saturated rings. The number of aliphatic imine (C=N–C) groups is 1. The van der Waals surface area contributed by atoms with Gasteiger partial charge in [-0.05, 0) is 38.5 Å². The molecule has 0 aromatic heterocycles.